The minimum Gasteiger partial charge on any atom is -0.508 e. The van der Waals surface area contributed by atoms with Gasteiger partial charge < -0.3 is 10.2 Å². The quantitative estimate of drug-likeness (QED) is 0.546. The molecule has 2 aromatic rings. The monoisotopic (exact) mass is 378 g/mol. The first-order chi connectivity index (χ1) is 11.2. The molecule has 0 bridgehead atoms. The number of phenolic OH excluding ortho intramolecular Hbond substituents is 2. The van der Waals surface area contributed by atoms with Crippen molar-refractivity contribution in [1.29, 1.82) is 0 Å². The Morgan fingerprint density at radius 1 is 0.760 bits per heavy atom. The van der Waals surface area contributed by atoms with Crippen molar-refractivity contribution < 1.29 is 36.4 Å². The summed E-state index contributed by atoms with van der Waals surface area (Å²) in [6, 6.07) is 14.4. The summed E-state index contributed by atoms with van der Waals surface area (Å²) in [5.74, 6) is 0.547. The zero-order chi connectivity index (χ0) is 19.5. The van der Waals surface area contributed by atoms with Crippen molar-refractivity contribution in [2.45, 2.75) is 24.8 Å². The standard InChI is InChI=1S/C15H16O2.CHF3O3S/c1-15(2,11-3-7-13(16)8-4-11)12-5-9-14(17)10-6-12;2-1(3,4)8(5,6)7/h3-10,16-17H,1-2H3;(H,5,6,7). The van der Waals surface area contributed by atoms with Crippen LogP contribution < -0.4 is 0 Å². The molecule has 138 valence electrons. The molecule has 0 aromatic heterocycles. The first-order valence-electron chi connectivity index (χ1n) is 6.88. The minimum absolute atomic E-state index is 0.151. The lowest BCUT2D eigenvalue weighted by atomic mass is 9.78. The maximum absolute atomic E-state index is 10.7. The van der Waals surface area contributed by atoms with Gasteiger partial charge in [0.15, 0.2) is 0 Å². The summed E-state index contributed by atoms with van der Waals surface area (Å²) in [4.78, 5) is 0. The van der Waals surface area contributed by atoms with Gasteiger partial charge in [-0.05, 0) is 35.4 Å². The van der Waals surface area contributed by atoms with E-state index in [1.807, 2.05) is 24.3 Å². The zero-order valence-corrected chi connectivity index (χ0v) is 14.1. The molecule has 0 saturated heterocycles. The third-order valence-corrected chi connectivity index (χ3v) is 4.06. The fraction of sp³-hybridized carbons (Fsp3) is 0.250. The molecule has 0 saturated carbocycles. The predicted octanol–water partition coefficient (Wildman–Crippen LogP) is 3.82. The van der Waals surface area contributed by atoms with Gasteiger partial charge in [0.25, 0.3) is 0 Å². The summed E-state index contributed by atoms with van der Waals surface area (Å²) in [6.45, 7) is 4.23. The van der Waals surface area contributed by atoms with Crippen LogP contribution >= 0.6 is 0 Å². The second kappa shape index (κ2) is 7.32. The van der Waals surface area contributed by atoms with Crippen LogP contribution in [-0.4, -0.2) is 28.7 Å². The van der Waals surface area contributed by atoms with Gasteiger partial charge in [-0.2, -0.15) is 21.6 Å². The van der Waals surface area contributed by atoms with Crippen LogP contribution in [0, 0.1) is 0 Å². The van der Waals surface area contributed by atoms with Gasteiger partial charge in [0.05, 0.1) is 0 Å². The van der Waals surface area contributed by atoms with E-state index in [1.54, 1.807) is 24.3 Å². The zero-order valence-electron chi connectivity index (χ0n) is 13.3. The highest BCUT2D eigenvalue weighted by Gasteiger charge is 2.44. The van der Waals surface area contributed by atoms with Crippen LogP contribution in [0.4, 0.5) is 13.2 Å². The molecule has 25 heavy (non-hydrogen) atoms. The minimum atomic E-state index is -5.84. The molecule has 0 spiro atoms. The van der Waals surface area contributed by atoms with Gasteiger partial charge in [0.2, 0.25) is 0 Å². The summed E-state index contributed by atoms with van der Waals surface area (Å²) in [5, 5.41) is 18.6. The molecule has 0 radical (unpaired) electrons. The van der Waals surface area contributed by atoms with Gasteiger partial charge in [0, 0.05) is 5.41 Å². The topological polar surface area (TPSA) is 94.8 Å². The lowest BCUT2D eigenvalue weighted by molar-refractivity contribution is -0.0510. The SMILES string of the molecule is CC(C)(c1ccc(O)cc1)c1ccc(O)cc1.O=S(=O)(O)C(F)(F)F. The summed E-state index contributed by atoms with van der Waals surface area (Å²) in [7, 11) is -5.84. The molecule has 2 aromatic carbocycles. The van der Waals surface area contributed by atoms with Gasteiger partial charge in [0.1, 0.15) is 11.5 Å². The maximum atomic E-state index is 10.7. The Hall–Kier alpha value is -2.26. The number of alkyl halides is 3. The average Bonchev–Trinajstić information content (AvgIpc) is 2.46. The van der Waals surface area contributed by atoms with E-state index in [1.165, 1.54) is 0 Å². The Morgan fingerprint density at radius 3 is 1.20 bits per heavy atom. The largest absolute Gasteiger partial charge is 0.522 e. The summed E-state index contributed by atoms with van der Waals surface area (Å²) in [5.41, 5.74) is -3.43. The number of benzene rings is 2. The van der Waals surface area contributed by atoms with Crippen molar-refractivity contribution in [1.82, 2.24) is 0 Å². The molecule has 0 heterocycles. The Morgan fingerprint density at radius 2 is 1.00 bits per heavy atom. The van der Waals surface area contributed by atoms with Gasteiger partial charge in [-0.3, -0.25) is 4.55 Å². The summed E-state index contributed by atoms with van der Waals surface area (Å²) in [6.07, 6.45) is 0. The molecule has 0 atom stereocenters. The highest BCUT2D eigenvalue weighted by molar-refractivity contribution is 7.86. The van der Waals surface area contributed by atoms with Crippen molar-refractivity contribution in [3.05, 3.63) is 59.7 Å². The smallest absolute Gasteiger partial charge is 0.508 e. The second-order valence-electron chi connectivity index (χ2n) is 5.64. The molecule has 9 heteroatoms. The lowest BCUT2D eigenvalue weighted by Crippen LogP contribution is -2.21. The van der Waals surface area contributed by atoms with Crippen molar-refractivity contribution >= 4 is 10.1 Å². The Bertz CT molecular complexity index is 748. The van der Waals surface area contributed by atoms with E-state index < -0.39 is 15.6 Å². The number of hydrogen-bond donors (Lipinski definition) is 3. The molecular weight excluding hydrogens is 361 g/mol. The number of hydrogen-bond acceptors (Lipinski definition) is 4. The Kier molecular flexibility index (Phi) is 6.09. The Balaban J connectivity index is 0.000000333. The first-order valence-corrected chi connectivity index (χ1v) is 8.32. The fourth-order valence-corrected chi connectivity index (χ4v) is 1.92. The predicted molar refractivity (Wildman–Crippen MR) is 85.9 cm³/mol. The van der Waals surface area contributed by atoms with Crippen LogP contribution in [0.3, 0.4) is 0 Å². The highest BCUT2D eigenvalue weighted by Crippen LogP contribution is 2.32. The fourth-order valence-electron chi connectivity index (χ4n) is 1.92. The van der Waals surface area contributed by atoms with Gasteiger partial charge in [-0.15, -0.1) is 0 Å². The van der Waals surface area contributed by atoms with Gasteiger partial charge in [-0.25, -0.2) is 0 Å². The summed E-state index contributed by atoms with van der Waals surface area (Å²) >= 11 is 0. The highest BCUT2D eigenvalue weighted by atomic mass is 32.2. The van der Waals surface area contributed by atoms with Gasteiger partial charge >= 0.3 is 15.6 Å². The molecule has 3 N–H and O–H groups in total. The van der Waals surface area contributed by atoms with Crippen molar-refractivity contribution in [3.63, 3.8) is 0 Å². The lowest BCUT2D eigenvalue weighted by Gasteiger charge is -2.26. The molecule has 0 fully saturated rings. The van der Waals surface area contributed by atoms with E-state index in [9.17, 15) is 23.4 Å². The van der Waals surface area contributed by atoms with Gasteiger partial charge in [-0.1, -0.05) is 38.1 Å². The number of phenols is 2. The van der Waals surface area contributed by atoms with Crippen LogP contribution in [-0.2, 0) is 15.5 Å². The van der Waals surface area contributed by atoms with E-state index in [0.717, 1.165) is 11.1 Å². The van der Waals surface area contributed by atoms with E-state index in [2.05, 4.69) is 13.8 Å². The third-order valence-electron chi connectivity index (χ3n) is 3.47. The number of aromatic hydroxyl groups is 2. The van der Waals surface area contributed by atoms with Crippen LogP contribution in [0.5, 0.6) is 11.5 Å². The first kappa shape index (κ1) is 20.8. The van der Waals surface area contributed by atoms with Crippen LogP contribution in [0.15, 0.2) is 48.5 Å². The van der Waals surface area contributed by atoms with E-state index in [4.69, 9.17) is 13.0 Å². The molecule has 0 aliphatic carbocycles. The summed E-state index contributed by atoms with van der Waals surface area (Å²) < 4.78 is 57.5. The van der Waals surface area contributed by atoms with Crippen LogP contribution in [0.2, 0.25) is 0 Å². The van der Waals surface area contributed by atoms with E-state index in [0.29, 0.717) is 0 Å². The number of rotatable bonds is 2. The second-order valence-corrected chi connectivity index (χ2v) is 7.05. The van der Waals surface area contributed by atoms with Crippen molar-refractivity contribution in [3.8, 4) is 11.5 Å². The van der Waals surface area contributed by atoms with E-state index >= 15 is 0 Å². The molecule has 0 amide bonds. The normalized spacial score (nSPS) is 12.2. The molecule has 0 aliphatic heterocycles. The van der Waals surface area contributed by atoms with Crippen molar-refractivity contribution in [2.75, 3.05) is 0 Å². The van der Waals surface area contributed by atoms with Crippen LogP contribution in [0.1, 0.15) is 25.0 Å². The molecule has 0 aliphatic rings. The van der Waals surface area contributed by atoms with Crippen LogP contribution in [0.25, 0.3) is 0 Å². The third kappa shape index (κ3) is 5.64. The molecular formula is C16H17F3O5S. The molecule has 2 rings (SSSR count). The molecule has 5 nitrogen and oxygen atoms in total. The van der Waals surface area contributed by atoms with Crippen molar-refractivity contribution in [2.24, 2.45) is 0 Å². The molecule has 0 unspecified atom stereocenters. The average molecular weight is 378 g/mol. The number of halogens is 3. The maximum Gasteiger partial charge on any atom is 0.522 e. The Labute approximate surface area is 143 Å². The van der Waals surface area contributed by atoms with E-state index in [-0.39, 0.29) is 16.9 Å².